The molecule has 0 heterocycles. The van der Waals surface area contributed by atoms with Crippen molar-refractivity contribution in [3.63, 3.8) is 0 Å². The number of anilines is 1. The Kier molecular flexibility index (Phi) is 7.13. The fourth-order valence-corrected chi connectivity index (χ4v) is 1.71. The number of hydrogen-bond donors (Lipinski definition) is 3. The Morgan fingerprint density at radius 3 is 2.81 bits per heavy atom. The van der Waals surface area contributed by atoms with Gasteiger partial charge in [0, 0.05) is 19.2 Å². The van der Waals surface area contributed by atoms with E-state index < -0.39 is 10.8 Å². The predicted molar refractivity (Wildman–Crippen MR) is 79.0 cm³/mol. The van der Waals surface area contributed by atoms with E-state index in [1.807, 2.05) is 0 Å². The van der Waals surface area contributed by atoms with E-state index in [1.54, 1.807) is 0 Å². The highest BCUT2D eigenvalue weighted by molar-refractivity contribution is 6.01. The molecule has 4 N–H and O–H groups in total. The Balaban J connectivity index is 2.62. The fraction of sp³-hybridized carbons (Fsp3) is 0.462. The van der Waals surface area contributed by atoms with Crippen LogP contribution in [0.4, 0.5) is 11.4 Å². The van der Waals surface area contributed by atoms with Crippen molar-refractivity contribution in [3.05, 3.63) is 33.9 Å². The highest BCUT2D eigenvalue weighted by Gasteiger charge is 2.20. The van der Waals surface area contributed by atoms with Gasteiger partial charge in [-0.25, -0.2) is 0 Å². The molecule has 8 heteroatoms. The average molecular weight is 296 g/mol. The molecule has 21 heavy (non-hydrogen) atoms. The molecule has 0 saturated carbocycles. The van der Waals surface area contributed by atoms with Crippen LogP contribution in [0.25, 0.3) is 0 Å². The van der Waals surface area contributed by atoms with E-state index in [-0.39, 0.29) is 16.9 Å². The molecule has 0 bridgehead atoms. The summed E-state index contributed by atoms with van der Waals surface area (Å²) in [6.45, 7) is 3.44. The summed E-state index contributed by atoms with van der Waals surface area (Å²) in [6, 6.07) is 4.18. The van der Waals surface area contributed by atoms with Crippen molar-refractivity contribution >= 4 is 17.3 Å². The Bertz CT molecular complexity index is 493. The van der Waals surface area contributed by atoms with Gasteiger partial charge in [0.1, 0.15) is 5.69 Å². The molecule has 0 aliphatic carbocycles. The zero-order valence-electron chi connectivity index (χ0n) is 11.9. The minimum Gasteiger partial charge on any atom is -0.380 e. The molecular formula is C13H20N4O4. The number of rotatable bonds is 9. The zero-order chi connectivity index (χ0) is 15.7. The van der Waals surface area contributed by atoms with E-state index in [1.165, 1.54) is 18.2 Å². The molecule has 1 aromatic rings. The Morgan fingerprint density at radius 1 is 1.43 bits per heavy atom. The lowest BCUT2D eigenvalue weighted by Crippen LogP contribution is -2.28. The summed E-state index contributed by atoms with van der Waals surface area (Å²) in [6.07, 6.45) is 2.02. The van der Waals surface area contributed by atoms with Crippen LogP contribution < -0.4 is 16.6 Å². The van der Waals surface area contributed by atoms with E-state index >= 15 is 0 Å². The number of nitrogens with two attached hydrogens (primary N) is 1. The maximum atomic E-state index is 12.0. The molecule has 0 aliphatic rings. The predicted octanol–water partition coefficient (Wildman–Crippen LogP) is 1.43. The van der Waals surface area contributed by atoms with Gasteiger partial charge in [-0.15, -0.1) is 0 Å². The van der Waals surface area contributed by atoms with Crippen molar-refractivity contribution in [2.45, 2.75) is 19.8 Å². The van der Waals surface area contributed by atoms with Gasteiger partial charge in [0.15, 0.2) is 0 Å². The van der Waals surface area contributed by atoms with Gasteiger partial charge in [0.25, 0.3) is 11.6 Å². The van der Waals surface area contributed by atoms with Gasteiger partial charge >= 0.3 is 0 Å². The normalized spacial score (nSPS) is 10.2. The molecule has 0 fully saturated rings. The first kappa shape index (κ1) is 16.9. The number of para-hydroxylation sites is 1. The van der Waals surface area contributed by atoms with Crippen LogP contribution in [0.5, 0.6) is 0 Å². The van der Waals surface area contributed by atoms with Crippen molar-refractivity contribution in [2.24, 2.45) is 5.84 Å². The van der Waals surface area contributed by atoms with Crippen LogP contribution >= 0.6 is 0 Å². The summed E-state index contributed by atoms with van der Waals surface area (Å²) in [7, 11) is 0. The van der Waals surface area contributed by atoms with Crippen molar-refractivity contribution in [1.82, 2.24) is 5.32 Å². The summed E-state index contributed by atoms with van der Waals surface area (Å²) < 4.78 is 5.32. The molecule has 0 spiro atoms. The van der Waals surface area contributed by atoms with E-state index in [0.29, 0.717) is 19.8 Å². The maximum Gasteiger partial charge on any atom is 0.294 e. The SMILES string of the molecule is CCCCOCCNC(=O)c1cccc([N+](=O)[O-])c1NN. The van der Waals surface area contributed by atoms with Crippen LogP contribution in [0.1, 0.15) is 30.1 Å². The van der Waals surface area contributed by atoms with Crippen LogP contribution in [-0.2, 0) is 4.74 Å². The third-order valence-corrected chi connectivity index (χ3v) is 2.80. The van der Waals surface area contributed by atoms with Crippen LogP contribution in [0.3, 0.4) is 0 Å². The Morgan fingerprint density at radius 2 is 2.19 bits per heavy atom. The average Bonchev–Trinajstić information content (AvgIpc) is 2.49. The number of nitrogen functional groups attached to an aromatic ring is 1. The summed E-state index contributed by atoms with van der Waals surface area (Å²) in [5.74, 6) is 4.84. The molecule has 1 amide bonds. The minimum absolute atomic E-state index is 0.00750. The van der Waals surface area contributed by atoms with Crippen molar-refractivity contribution in [2.75, 3.05) is 25.2 Å². The lowest BCUT2D eigenvalue weighted by atomic mass is 10.1. The number of hydrazine groups is 1. The van der Waals surface area contributed by atoms with Gasteiger partial charge in [0.2, 0.25) is 0 Å². The molecule has 1 rings (SSSR count). The van der Waals surface area contributed by atoms with E-state index in [2.05, 4.69) is 17.7 Å². The molecular weight excluding hydrogens is 276 g/mol. The van der Waals surface area contributed by atoms with Crippen molar-refractivity contribution in [3.8, 4) is 0 Å². The number of carbonyl (C=O) groups is 1. The number of amides is 1. The number of unbranched alkanes of at least 4 members (excludes halogenated alkanes) is 1. The number of nitro groups is 1. The number of hydrogen-bond acceptors (Lipinski definition) is 6. The molecule has 0 aliphatic heterocycles. The molecule has 0 unspecified atom stereocenters. The molecule has 116 valence electrons. The summed E-state index contributed by atoms with van der Waals surface area (Å²) in [5.41, 5.74) is 2.08. The topological polar surface area (TPSA) is 120 Å². The lowest BCUT2D eigenvalue weighted by Gasteiger charge is -2.10. The first-order chi connectivity index (χ1) is 10.1. The summed E-state index contributed by atoms with van der Waals surface area (Å²) in [5, 5.41) is 13.5. The van der Waals surface area contributed by atoms with Gasteiger partial charge in [0.05, 0.1) is 17.1 Å². The summed E-state index contributed by atoms with van der Waals surface area (Å²) in [4.78, 5) is 22.3. The maximum absolute atomic E-state index is 12.0. The summed E-state index contributed by atoms with van der Waals surface area (Å²) >= 11 is 0. The largest absolute Gasteiger partial charge is 0.380 e. The van der Waals surface area contributed by atoms with Crippen LogP contribution in [0, 0.1) is 10.1 Å². The number of nitrogens with zero attached hydrogens (tertiary/aromatic N) is 1. The molecule has 0 saturated heterocycles. The smallest absolute Gasteiger partial charge is 0.294 e. The van der Waals surface area contributed by atoms with Gasteiger partial charge < -0.3 is 15.5 Å². The third kappa shape index (κ3) is 5.01. The molecule has 0 aromatic heterocycles. The first-order valence-electron chi connectivity index (χ1n) is 6.71. The lowest BCUT2D eigenvalue weighted by molar-refractivity contribution is -0.384. The number of ether oxygens (including phenoxy) is 1. The number of benzene rings is 1. The van der Waals surface area contributed by atoms with Gasteiger partial charge in [-0.3, -0.25) is 20.8 Å². The highest BCUT2D eigenvalue weighted by Crippen LogP contribution is 2.27. The second-order valence-electron chi connectivity index (χ2n) is 4.32. The molecule has 0 radical (unpaired) electrons. The van der Waals surface area contributed by atoms with Crippen molar-refractivity contribution < 1.29 is 14.5 Å². The molecule has 1 aromatic carbocycles. The first-order valence-corrected chi connectivity index (χ1v) is 6.71. The van der Waals surface area contributed by atoms with Gasteiger partial charge in [-0.2, -0.15) is 0 Å². The number of nitrogens with one attached hydrogen (secondary N) is 2. The minimum atomic E-state index is -0.597. The monoisotopic (exact) mass is 296 g/mol. The Labute approximate surface area is 122 Å². The Hall–Kier alpha value is -2.19. The van der Waals surface area contributed by atoms with Crippen LogP contribution in [-0.4, -0.2) is 30.6 Å². The van der Waals surface area contributed by atoms with Gasteiger partial charge in [-0.05, 0) is 12.5 Å². The van der Waals surface area contributed by atoms with Gasteiger partial charge in [-0.1, -0.05) is 19.4 Å². The van der Waals surface area contributed by atoms with E-state index in [4.69, 9.17) is 10.6 Å². The second kappa shape index (κ2) is 8.88. The van der Waals surface area contributed by atoms with Crippen LogP contribution in [0.15, 0.2) is 18.2 Å². The van der Waals surface area contributed by atoms with E-state index in [9.17, 15) is 14.9 Å². The van der Waals surface area contributed by atoms with Crippen LogP contribution in [0.2, 0.25) is 0 Å². The molecule has 0 atom stereocenters. The third-order valence-electron chi connectivity index (χ3n) is 2.80. The van der Waals surface area contributed by atoms with Crippen molar-refractivity contribution in [1.29, 1.82) is 0 Å². The zero-order valence-corrected chi connectivity index (χ0v) is 11.9. The quantitative estimate of drug-likeness (QED) is 0.274. The highest BCUT2D eigenvalue weighted by atomic mass is 16.6. The van der Waals surface area contributed by atoms with E-state index in [0.717, 1.165) is 12.8 Å². The number of nitro benzene ring substituents is 1. The fourth-order valence-electron chi connectivity index (χ4n) is 1.71. The number of carbonyl (C=O) groups excluding carboxylic acids is 1. The standard InChI is InChI=1S/C13H20N4O4/c1-2-3-8-21-9-7-15-13(18)10-5-4-6-11(17(19)20)12(10)16-14/h4-6,16H,2-3,7-9,14H2,1H3,(H,15,18). The second-order valence-corrected chi connectivity index (χ2v) is 4.32. The molecule has 8 nitrogen and oxygen atoms in total.